The van der Waals surface area contributed by atoms with Gasteiger partial charge in [-0.15, -0.1) is 0 Å². The fourth-order valence-electron chi connectivity index (χ4n) is 2.04. The van der Waals surface area contributed by atoms with Crippen LogP contribution in [0.25, 0.3) is 0 Å². The van der Waals surface area contributed by atoms with Crippen LogP contribution in [-0.4, -0.2) is 13.7 Å². The summed E-state index contributed by atoms with van der Waals surface area (Å²) in [5, 5.41) is 0.490. The van der Waals surface area contributed by atoms with Crippen LogP contribution in [0, 0.1) is 5.82 Å². The Morgan fingerprint density at radius 1 is 1.14 bits per heavy atom. The third-order valence-corrected chi connectivity index (χ3v) is 3.40. The van der Waals surface area contributed by atoms with Crippen molar-refractivity contribution in [3.63, 3.8) is 0 Å². The molecule has 0 saturated carbocycles. The van der Waals surface area contributed by atoms with Gasteiger partial charge in [-0.1, -0.05) is 35.9 Å². The molecule has 2 aromatic rings. The first-order valence-electron chi connectivity index (χ1n) is 6.59. The van der Waals surface area contributed by atoms with Crippen molar-refractivity contribution in [2.45, 2.75) is 13.0 Å². The number of nitrogens with two attached hydrogens (primary N) is 1. The van der Waals surface area contributed by atoms with Crippen LogP contribution in [0.2, 0.25) is 5.02 Å². The highest BCUT2D eigenvalue weighted by molar-refractivity contribution is 6.32. The maximum atomic E-state index is 14.1. The molecule has 0 amide bonds. The lowest BCUT2D eigenvalue weighted by atomic mass is 10.1. The number of methoxy groups -OCH3 is 1. The molecule has 2 N–H and O–H groups in total. The Morgan fingerprint density at radius 2 is 1.86 bits per heavy atom. The predicted molar refractivity (Wildman–Crippen MR) is 81.5 cm³/mol. The van der Waals surface area contributed by atoms with Crippen LogP contribution >= 0.6 is 11.6 Å². The van der Waals surface area contributed by atoms with Gasteiger partial charge in [-0.2, -0.15) is 0 Å². The van der Waals surface area contributed by atoms with Crippen LogP contribution in [-0.2, 0) is 13.0 Å². The highest BCUT2D eigenvalue weighted by Crippen LogP contribution is 2.30. The quantitative estimate of drug-likeness (QED) is 0.887. The zero-order chi connectivity index (χ0) is 15.2. The standard InChI is InChI=1S/C16H17ClFNO2/c1-20-14-7-3-5-12(15(14)18)10-21-16-11(8-9-19)4-2-6-13(16)17/h2-7H,8-10,19H2,1H3. The van der Waals surface area contributed by atoms with Crippen molar-refractivity contribution in [3.05, 3.63) is 58.4 Å². The molecule has 21 heavy (non-hydrogen) atoms. The first-order chi connectivity index (χ1) is 10.2. The van der Waals surface area contributed by atoms with E-state index in [1.54, 1.807) is 24.3 Å². The van der Waals surface area contributed by atoms with Gasteiger partial charge < -0.3 is 15.2 Å². The van der Waals surface area contributed by atoms with Gasteiger partial charge in [0.1, 0.15) is 12.4 Å². The Kier molecular flexibility index (Phi) is 5.42. The summed E-state index contributed by atoms with van der Waals surface area (Å²) in [7, 11) is 1.43. The monoisotopic (exact) mass is 309 g/mol. The van der Waals surface area contributed by atoms with Crippen molar-refractivity contribution in [1.29, 1.82) is 0 Å². The lowest BCUT2D eigenvalue weighted by molar-refractivity contribution is 0.293. The van der Waals surface area contributed by atoms with E-state index in [9.17, 15) is 4.39 Å². The van der Waals surface area contributed by atoms with Crippen LogP contribution in [0.3, 0.4) is 0 Å². The van der Waals surface area contributed by atoms with Gasteiger partial charge in [-0.3, -0.25) is 0 Å². The fourth-order valence-corrected chi connectivity index (χ4v) is 2.29. The fraction of sp³-hybridized carbons (Fsp3) is 0.250. The molecular formula is C16H17ClFNO2. The summed E-state index contributed by atoms with van der Waals surface area (Å²) in [5.74, 6) is 0.316. The third kappa shape index (κ3) is 3.65. The Hall–Kier alpha value is -1.78. The van der Waals surface area contributed by atoms with Crippen LogP contribution in [0.4, 0.5) is 4.39 Å². The number of ether oxygens (including phenoxy) is 2. The van der Waals surface area contributed by atoms with Crippen molar-refractivity contribution in [3.8, 4) is 11.5 Å². The first-order valence-corrected chi connectivity index (χ1v) is 6.96. The van der Waals surface area contributed by atoms with Crippen molar-refractivity contribution in [1.82, 2.24) is 0 Å². The Labute approximate surface area is 128 Å². The minimum Gasteiger partial charge on any atom is -0.494 e. The zero-order valence-corrected chi connectivity index (χ0v) is 12.5. The van der Waals surface area contributed by atoms with Gasteiger partial charge in [0.05, 0.1) is 12.1 Å². The van der Waals surface area contributed by atoms with E-state index in [0.717, 1.165) is 5.56 Å². The molecule has 0 spiro atoms. The molecule has 0 fully saturated rings. The molecule has 0 saturated heterocycles. The van der Waals surface area contributed by atoms with Crippen LogP contribution < -0.4 is 15.2 Å². The van der Waals surface area contributed by atoms with Gasteiger partial charge >= 0.3 is 0 Å². The Balaban J connectivity index is 2.20. The van der Waals surface area contributed by atoms with E-state index in [-0.39, 0.29) is 12.4 Å². The Morgan fingerprint density at radius 3 is 2.57 bits per heavy atom. The molecule has 0 aliphatic carbocycles. The van der Waals surface area contributed by atoms with E-state index in [1.165, 1.54) is 7.11 Å². The van der Waals surface area contributed by atoms with Crippen molar-refractivity contribution >= 4 is 11.6 Å². The normalized spacial score (nSPS) is 10.5. The van der Waals surface area contributed by atoms with Crippen LogP contribution in [0.15, 0.2) is 36.4 Å². The molecule has 0 radical (unpaired) electrons. The van der Waals surface area contributed by atoms with E-state index in [1.807, 2.05) is 12.1 Å². The maximum Gasteiger partial charge on any atom is 0.171 e. The van der Waals surface area contributed by atoms with E-state index in [2.05, 4.69) is 0 Å². The summed E-state index contributed by atoms with van der Waals surface area (Å²) < 4.78 is 24.7. The highest BCUT2D eigenvalue weighted by atomic mass is 35.5. The summed E-state index contributed by atoms with van der Waals surface area (Å²) in [4.78, 5) is 0. The average Bonchev–Trinajstić information content (AvgIpc) is 2.48. The summed E-state index contributed by atoms with van der Waals surface area (Å²) in [6.45, 7) is 0.564. The second kappa shape index (κ2) is 7.29. The van der Waals surface area contributed by atoms with Gasteiger partial charge in [-0.25, -0.2) is 4.39 Å². The van der Waals surface area contributed by atoms with Crippen LogP contribution in [0.1, 0.15) is 11.1 Å². The van der Waals surface area contributed by atoms with E-state index < -0.39 is 5.82 Å². The minimum atomic E-state index is -0.424. The number of hydrogen-bond donors (Lipinski definition) is 1. The molecule has 3 nitrogen and oxygen atoms in total. The number of para-hydroxylation sites is 1. The average molecular weight is 310 g/mol. The number of rotatable bonds is 6. The summed E-state index contributed by atoms with van der Waals surface area (Å²) >= 11 is 6.15. The molecule has 0 heterocycles. The largest absolute Gasteiger partial charge is 0.494 e. The number of hydrogen-bond acceptors (Lipinski definition) is 3. The molecule has 0 atom stereocenters. The highest BCUT2D eigenvalue weighted by Gasteiger charge is 2.12. The number of benzene rings is 2. The molecule has 2 aromatic carbocycles. The molecule has 2 rings (SSSR count). The lowest BCUT2D eigenvalue weighted by Gasteiger charge is -2.14. The SMILES string of the molecule is COc1cccc(COc2c(Cl)cccc2CCN)c1F. The topological polar surface area (TPSA) is 44.5 Å². The zero-order valence-electron chi connectivity index (χ0n) is 11.7. The van der Waals surface area contributed by atoms with Gasteiger partial charge in [0.25, 0.3) is 0 Å². The van der Waals surface area contributed by atoms with Gasteiger partial charge in [-0.05, 0) is 30.7 Å². The molecule has 0 aromatic heterocycles. The minimum absolute atomic E-state index is 0.0737. The molecule has 5 heteroatoms. The van der Waals surface area contributed by atoms with Crippen LogP contribution in [0.5, 0.6) is 11.5 Å². The maximum absolute atomic E-state index is 14.1. The molecule has 0 aliphatic rings. The Bertz CT molecular complexity index is 619. The second-order valence-electron chi connectivity index (χ2n) is 4.49. The molecular weight excluding hydrogens is 293 g/mol. The molecule has 0 aliphatic heterocycles. The van der Waals surface area contributed by atoms with E-state index in [4.69, 9.17) is 26.8 Å². The molecule has 112 valence electrons. The van der Waals surface area contributed by atoms with E-state index >= 15 is 0 Å². The molecule has 0 unspecified atom stereocenters. The smallest absolute Gasteiger partial charge is 0.171 e. The van der Waals surface area contributed by atoms with E-state index in [0.29, 0.717) is 29.3 Å². The summed E-state index contributed by atoms with van der Waals surface area (Å²) in [6, 6.07) is 10.4. The van der Waals surface area contributed by atoms with Crippen molar-refractivity contribution < 1.29 is 13.9 Å². The molecule has 0 bridgehead atoms. The predicted octanol–water partition coefficient (Wildman–Crippen LogP) is 3.57. The van der Waals surface area contributed by atoms with Gasteiger partial charge in [0.2, 0.25) is 0 Å². The van der Waals surface area contributed by atoms with Gasteiger partial charge in [0.15, 0.2) is 11.6 Å². The lowest BCUT2D eigenvalue weighted by Crippen LogP contribution is -2.06. The summed E-state index contributed by atoms with van der Waals surface area (Å²) in [6.07, 6.45) is 0.649. The van der Waals surface area contributed by atoms with Crippen molar-refractivity contribution in [2.75, 3.05) is 13.7 Å². The first kappa shape index (κ1) is 15.6. The second-order valence-corrected chi connectivity index (χ2v) is 4.90. The van der Waals surface area contributed by atoms with Crippen molar-refractivity contribution in [2.24, 2.45) is 5.73 Å². The third-order valence-electron chi connectivity index (χ3n) is 3.10. The number of halogens is 2. The summed E-state index contributed by atoms with van der Waals surface area (Å²) in [5.41, 5.74) is 6.89. The van der Waals surface area contributed by atoms with Gasteiger partial charge in [0, 0.05) is 5.56 Å².